The van der Waals surface area contributed by atoms with Gasteiger partial charge >= 0.3 is 0 Å². The topological polar surface area (TPSA) is 32.3 Å². The molecule has 0 aromatic heterocycles. The van der Waals surface area contributed by atoms with Crippen molar-refractivity contribution in [1.29, 1.82) is 0 Å². The van der Waals surface area contributed by atoms with E-state index in [0.717, 1.165) is 32.5 Å². The Morgan fingerprint density at radius 3 is 2.71 bits per heavy atom. The van der Waals surface area contributed by atoms with Crippen LogP contribution in [0.4, 0.5) is 0 Å². The maximum Gasteiger partial charge on any atom is 0.222 e. The van der Waals surface area contributed by atoms with Crippen LogP contribution in [-0.2, 0) is 4.79 Å². The van der Waals surface area contributed by atoms with Crippen molar-refractivity contribution in [2.24, 2.45) is 5.92 Å². The Morgan fingerprint density at radius 2 is 2.21 bits per heavy atom. The molecular weight excluding hydrogens is 200 g/mol. The molecule has 0 aromatic rings. The fraction of sp³-hybridized carbons (Fsp3) is 0.700. The van der Waals surface area contributed by atoms with E-state index in [1.165, 1.54) is 0 Å². The zero-order valence-corrected chi connectivity index (χ0v) is 9.26. The van der Waals surface area contributed by atoms with Gasteiger partial charge in [-0.2, -0.15) is 0 Å². The number of likely N-dealkylation sites (tertiary alicyclic amines) is 1. The Balaban J connectivity index is 2.27. The van der Waals surface area contributed by atoms with E-state index in [0.29, 0.717) is 0 Å². The predicted molar refractivity (Wildman–Crippen MR) is 58.2 cm³/mol. The second-order valence-electron chi connectivity index (χ2n) is 3.55. The summed E-state index contributed by atoms with van der Waals surface area (Å²) in [5.41, 5.74) is 1.55. The van der Waals surface area contributed by atoms with Crippen LogP contribution in [0.25, 0.3) is 0 Å². The molecule has 1 heterocycles. The molecule has 0 unspecified atom stereocenters. The smallest absolute Gasteiger partial charge is 0.222 e. The molecule has 14 heavy (non-hydrogen) atoms. The Labute approximate surface area is 90.1 Å². The van der Waals surface area contributed by atoms with E-state index in [1.54, 1.807) is 12.6 Å². The lowest BCUT2D eigenvalue weighted by atomic mass is 9.96. The van der Waals surface area contributed by atoms with Crippen LogP contribution in [0.1, 0.15) is 12.8 Å². The fourth-order valence-electron chi connectivity index (χ4n) is 1.77. The summed E-state index contributed by atoms with van der Waals surface area (Å²) in [4.78, 5) is 13.6. The summed E-state index contributed by atoms with van der Waals surface area (Å²) in [6.07, 6.45) is 3.84. The van der Waals surface area contributed by atoms with Gasteiger partial charge in [0.15, 0.2) is 0 Å². The number of carbonyl (C=O) groups excluding carboxylic acids is 1. The molecule has 4 heteroatoms. The first-order chi connectivity index (χ1) is 6.77. The summed E-state index contributed by atoms with van der Waals surface area (Å²) in [6, 6.07) is 0. The van der Waals surface area contributed by atoms with Gasteiger partial charge in [-0.05, 0) is 25.9 Å². The minimum Gasteiger partial charge on any atom is -0.359 e. The highest BCUT2D eigenvalue weighted by Gasteiger charge is 2.23. The zero-order valence-electron chi connectivity index (χ0n) is 8.50. The summed E-state index contributed by atoms with van der Waals surface area (Å²) in [6.45, 7) is 2.86. The van der Waals surface area contributed by atoms with Crippen molar-refractivity contribution in [3.05, 3.63) is 11.6 Å². The lowest BCUT2D eigenvalue weighted by Gasteiger charge is -2.29. The number of amides is 1. The van der Waals surface area contributed by atoms with E-state index in [-0.39, 0.29) is 11.8 Å². The van der Waals surface area contributed by atoms with Crippen LogP contribution in [0.3, 0.4) is 0 Å². The summed E-state index contributed by atoms with van der Waals surface area (Å²) >= 11 is 5.45. The van der Waals surface area contributed by atoms with Crippen LogP contribution < -0.4 is 5.32 Å². The van der Waals surface area contributed by atoms with Gasteiger partial charge in [0, 0.05) is 25.0 Å². The number of rotatable bonds is 3. The van der Waals surface area contributed by atoms with E-state index in [9.17, 15) is 4.79 Å². The lowest BCUT2D eigenvalue weighted by Crippen LogP contribution is -2.39. The maximum atomic E-state index is 11.3. The first kappa shape index (κ1) is 11.5. The third-order valence-electron chi connectivity index (χ3n) is 2.66. The van der Waals surface area contributed by atoms with Gasteiger partial charge in [0.2, 0.25) is 5.91 Å². The second kappa shape index (κ2) is 6.04. The summed E-state index contributed by atoms with van der Waals surface area (Å²) in [5.74, 6) is 0.383. The van der Waals surface area contributed by atoms with Crippen molar-refractivity contribution in [2.75, 3.05) is 26.7 Å². The minimum atomic E-state index is 0.178. The average molecular weight is 217 g/mol. The van der Waals surface area contributed by atoms with Crippen LogP contribution >= 0.6 is 11.6 Å². The van der Waals surface area contributed by atoms with E-state index >= 15 is 0 Å². The largest absolute Gasteiger partial charge is 0.359 e. The van der Waals surface area contributed by atoms with Crippen molar-refractivity contribution in [3.8, 4) is 0 Å². The van der Waals surface area contributed by atoms with Crippen molar-refractivity contribution >= 4 is 17.5 Å². The number of nitrogens with zero attached hydrogens (tertiary/aromatic N) is 1. The molecule has 1 aliphatic heterocycles. The molecule has 0 bridgehead atoms. The number of nitrogens with one attached hydrogen (secondary N) is 1. The van der Waals surface area contributed by atoms with Crippen LogP contribution in [-0.4, -0.2) is 37.5 Å². The van der Waals surface area contributed by atoms with Crippen LogP contribution in [0.15, 0.2) is 11.6 Å². The summed E-state index contributed by atoms with van der Waals surface area (Å²) < 4.78 is 0. The number of carbonyl (C=O) groups is 1. The van der Waals surface area contributed by atoms with Gasteiger partial charge in [-0.3, -0.25) is 9.69 Å². The van der Waals surface area contributed by atoms with Gasteiger partial charge < -0.3 is 5.32 Å². The number of piperidine rings is 1. The average Bonchev–Trinajstić information content (AvgIpc) is 2.26. The highest BCUT2D eigenvalue weighted by molar-refractivity contribution is 6.25. The molecular formula is C10H17ClN2O. The van der Waals surface area contributed by atoms with Gasteiger partial charge in [0.25, 0.3) is 0 Å². The zero-order chi connectivity index (χ0) is 10.4. The van der Waals surface area contributed by atoms with Gasteiger partial charge in [0.05, 0.1) is 0 Å². The first-order valence-corrected chi connectivity index (χ1v) is 5.40. The molecule has 0 radical (unpaired) electrons. The van der Waals surface area contributed by atoms with Crippen molar-refractivity contribution in [3.63, 3.8) is 0 Å². The molecule has 1 saturated heterocycles. The third kappa shape index (κ3) is 3.31. The highest BCUT2D eigenvalue weighted by Crippen LogP contribution is 2.16. The van der Waals surface area contributed by atoms with Crippen LogP contribution in [0.2, 0.25) is 0 Å². The fourth-order valence-corrected chi connectivity index (χ4v) is 1.85. The Hall–Kier alpha value is -0.540. The molecule has 1 amide bonds. The summed E-state index contributed by atoms with van der Waals surface area (Å²) in [7, 11) is 1.70. The Kier molecular flexibility index (Phi) is 4.98. The molecule has 1 rings (SSSR count). The van der Waals surface area contributed by atoms with Crippen LogP contribution in [0, 0.1) is 5.92 Å². The molecule has 0 saturated carbocycles. The Bertz CT molecular complexity index is 210. The molecule has 0 spiro atoms. The van der Waals surface area contributed by atoms with Gasteiger partial charge in [-0.25, -0.2) is 0 Å². The van der Waals surface area contributed by atoms with E-state index in [2.05, 4.69) is 10.2 Å². The number of hydrogen-bond acceptors (Lipinski definition) is 2. The minimum absolute atomic E-state index is 0.178. The second-order valence-corrected chi connectivity index (χ2v) is 3.80. The third-order valence-corrected chi connectivity index (χ3v) is 2.84. The first-order valence-electron chi connectivity index (χ1n) is 4.97. The maximum absolute atomic E-state index is 11.3. The molecule has 1 aliphatic rings. The van der Waals surface area contributed by atoms with Crippen molar-refractivity contribution in [2.45, 2.75) is 12.8 Å². The van der Waals surface area contributed by atoms with Crippen molar-refractivity contribution < 1.29 is 4.79 Å². The van der Waals surface area contributed by atoms with Crippen LogP contribution in [0.5, 0.6) is 0 Å². The highest BCUT2D eigenvalue weighted by atomic mass is 35.5. The standard InChI is InChI=1S/C10H17ClN2O/c1-12-10(14)9-3-7-13(8-4-9)6-2-5-11/h2,5,9H,3-4,6-8H2,1H3,(H,12,14)/b5-2+. The molecule has 1 N–H and O–H groups in total. The van der Waals surface area contributed by atoms with E-state index in [4.69, 9.17) is 11.6 Å². The lowest BCUT2D eigenvalue weighted by molar-refractivity contribution is -0.125. The SMILES string of the molecule is CNC(=O)C1CCN(C/C=C/Cl)CC1. The molecule has 0 atom stereocenters. The van der Waals surface area contributed by atoms with Gasteiger partial charge in [-0.15, -0.1) is 0 Å². The Morgan fingerprint density at radius 1 is 1.57 bits per heavy atom. The molecule has 80 valence electrons. The predicted octanol–water partition coefficient (Wildman–Crippen LogP) is 1.20. The van der Waals surface area contributed by atoms with Gasteiger partial charge in [0.1, 0.15) is 0 Å². The van der Waals surface area contributed by atoms with E-state index in [1.807, 2.05) is 6.08 Å². The normalized spacial score (nSPS) is 20.1. The molecule has 0 aromatic carbocycles. The van der Waals surface area contributed by atoms with Gasteiger partial charge in [-0.1, -0.05) is 17.7 Å². The quantitative estimate of drug-likeness (QED) is 0.769. The monoisotopic (exact) mass is 216 g/mol. The van der Waals surface area contributed by atoms with E-state index < -0.39 is 0 Å². The molecule has 0 aliphatic carbocycles. The summed E-state index contributed by atoms with van der Waals surface area (Å²) in [5, 5.41) is 2.70. The molecule has 1 fully saturated rings. The number of halogens is 1. The number of hydrogen-bond donors (Lipinski definition) is 1. The molecule has 3 nitrogen and oxygen atoms in total. The van der Waals surface area contributed by atoms with Crippen molar-refractivity contribution in [1.82, 2.24) is 10.2 Å².